The molecule has 132 valence electrons. The van der Waals surface area contributed by atoms with Gasteiger partial charge in [0.05, 0.1) is 29.3 Å². The summed E-state index contributed by atoms with van der Waals surface area (Å²) in [5, 5.41) is 11.7. The van der Waals surface area contributed by atoms with Gasteiger partial charge in [0, 0.05) is 12.2 Å². The second-order valence-electron chi connectivity index (χ2n) is 6.17. The number of aryl methyl sites for hydroxylation is 4. The maximum absolute atomic E-state index is 12.5. The third-order valence-corrected chi connectivity index (χ3v) is 4.21. The van der Waals surface area contributed by atoms with Gasteiger partial charge in [0.1, 0.15) is 5.76 Å². The van der Waals surface area contributed by atoms with Gasteiger partial charge < -0.3 is 9.73 Å². The first-order valence-corrected chi connectivity index (χ1v) is 8.34. The predicted molar refractivity (Wildman–Crippen MR) is 94.8 cm³/mol. The summed E-state index contributed by atoms with van der Waals surface area (Å²) in [4.78, 5) is 12.5. The van der Waals surface area contributed by atoms with Crippen LogP contribution in [0.2, 0.25) is 0 Å². The van der Waals surface area contributed by atoms with Gasteiger partial charge in [-0.3, -0.25) is 14.2 Å². The first kappa shape index (κ1) is 17.0. The normalized spacial score (nSPS) is 11.1. The molecule has 3 aromatic heterocycles. The molecule has 0 aliphatic heterocycles. The number of aromatic nitrogens is 4. The topological polar surface area (TPSA) is 77.9 Å². The molecule has 0 bridgehead atoms. The highest BCUT2D eigenvalue weighted by atomic mass is 16.4. The van der Waals surface area contributed by atoms with Crippen molar-refractivity contribution in [3.63, 3.8) is 0 Å². The summed E-state index contributed by atoms with van der Waals surface area (Å²) < 4.78 is 9.42. The van der Waals surface area contributed by atoms with E-state index in [1.165, 1.54) is 0 Å². The number of carbonyl (C=O) groups excluding carboxylic acids is 1. The van der Waals surface area contributed by atoms with Crippen LogP contribution in [-0.4, -0.2) is 25.5 Å². The van der Waals surface area contributed by atoms with Crippen LogP contribution in [0.1, 0.15) is 46.0 Å². The third-order valence-electron chi connectivity index (χ3n) is 4.21. The molecule has 0 aliphatic carbocycles. The number of nitrogens with one attached hydrogen (secondary N) is 1. The second-order valence-corrected chi connectivity index (χ2v) is 6.17. The minimum Gasteiger partial charge on any atom is -0.454 e. The minimum atomic E-state index is -0.276. The molecule has 0 radical (unpaired) electrons. The molecule has 0 unspecified atom stereocenters. The van der Waals surface area contributed by atoms with Gasteiger partial charge >= 0.3 is 0 Å². The van der Waals surface area contributed by atoms with E-state index in [1.54, 1.807) is 12.1 Å². The molecular formula is C18H23N5O2. The van der Waals surface area contributed by atoms with E-state index in [0.717, 1.165) is 35.0 Å². The van der Waals surface area contributed by atoms with Gasteiger partial charge in [-0.25, -0.2) is 0 Å². The lowest BCUT2D eigenvalue weighted by Gasteiger charge is -2.05. The minimum absolute atomic E-state index is 0.276. The molecule has 0 aromatic carbocycles. The van der Waals surface area contributed by atoms with Gasteiger partial charge in [0.25, 0.3) is 5.91 Å². The zero-order chi connectivity index (χ0) is 18.1. The smallest absolute Gasteiger partial charge is 0.291 e. The molecule has 0 saturated heterocycles. The van der Waals surface area contributed by atoms with Crippen molar-refractivity contribution in [2.24, 2.45) is 0 Å². The lowest BCUT2D eigenvalue weighted by molar-refractivity contribution is 0.0994. The molecule has 0 saturated carbocycles. The summed E-state index contributed by atoms with van der Waals surface area (Å²) in [6.07, 6.45) is 0. The number of hydrogen-bond acceptors (Lipinski definition) is 4. The van der Waals surface area contributed by atoms with Crippen molar-refractivity contribution in [1.82, 2.24) is 19.6 Å². The van der Waals surface area contributed by atoms with Crippen LogP contribution in [-0.2, 0) is 13.1 Å². The highest BCUT2D eigenvalue weighted by Crippen LogP contribution is 2.21. The Morgan fingerprint density at radius 1 is 1.16 bits per heavy atom. The summed E-state index contributed by atoms with van der Waals surface area (Å²) in [5.74, 6) is 0.690. The molecule has 7 nitrogen and oxygen atoms in total. The fourth-order valence-corrected chi connectivity index (χ4v) is 2.93. The first-order chi connectivity index (χ1) is 11.9. The van der Waals surface area contributed by atoms with Crippen LogP contribution >= 0.6 is 0 Å². The number of furan rings is 1. The zero-order valence-electron chi connectivity index (χ0n) is 15.3. The average molecular weight is 341 g/mol. The monoisotopic (exact) mass is 341 g/mol. The van der Waals surface area contributed by atoms with Gasteiger partial charge in [-0.05, 0) is 52.8 Å². The highest BCUT2D eigenvalue weighted by molar-refractivity contribution is 6.02. The molecule has 3 aromatic rings. The predicted octanol–water partition coefficient (Wildman–Crippen LogP) is 3.23. The van der Waals surface area contributed by atoms with Crippen molar-refractivity contribution in [2.75, 3.05) is 5.32 Å². The number of rotatable bonds is 5. The molecule has 0 fully saturated rings. The molecular weight excluding hydrogens is 318 g/mol. The fourth-order valence-electron chi connectivity index (χ4n) is 2.93. The number of anilines is 1. The summed E-state index contributed by atoms with van der Waals surface area (Å²) in [5.41, 5.74) is 4.48. The Kier molecular flexibility index (Phi) is 4.48. The Labute approximate surface area is 146 Å². The van der Waals surface area contributed by atoms with Crippen molar-refractivity contribution >= 4 is 11.6 Å². The number of hydrogen-bond donors (Lipinski definition) is 1. The Morgan fingerprint density at radius 2 is 1.92 bits per heavy atom. The van der Waals surface area contributed by atoms with Crippen molar-refractivity contribution < 1.29 is 9.21 Å². The SMILES string of the molecule is CCn1nc(C)c(NC(=O)c2ccc(Cn3nc(C)cc3C)o2)c1C. The lowest BCUT2D eigenvalue weighted by atomic mass is 10.3. The zero-order valence-corrected chi connectivity index (χ0v) is 15.3. The van der Waals surface area contributed by atoms with Crippen LogP contribution in [0.25, 0.3) is 0 Å². The summed E-state index contributed by atoms with van der Waals surface area (Å²) in [6, 6.07) is 5.50. The van der Waals surface area contributed by atoms with E-state index in [1.807, 2.05) is 50.0 Å². The van der Waals surface area contributed by atoms with Crippen LogP contribution in [0.15, 0.2) is 22.6 Å². The maximum Gasteiger partial charge on any atom is 0.291 e. The van der Waals surface area contributed by atoms with E-state index >= 15 is 0 Å². The first-order valence-electron chi connectivity index (χ1n) is 8.34. The van der Waals surface area contributed by atoms with E-state index in [-0.39, 0.29) is 11.7 Å². The van der Waals surface area contributed by atoms with E-state index in [4.69, 9.17) is 4.42 Å². The van der Waals surface area contributed by atoms with Crippen molar-refractivity contribution in [1.29, 1.82) is 0 Å². The Balaban J connectivity index is 1.75. The van der Waals surface area contributed by atoms with Gasteiger partial charge in [0.2, 0.25) is 0 Å². The van der Waals surface area contributed by atoms with Crippen LogP contribution in [0.5, 0.6) is 0 Å². The van der Waals surface area contributed by atoms with Crippen LogP contribution in [0.3, 0.4) is 0 Å². The van der Waals surface area contributed by atoms with Crippen LogP contribution in [0, 0.1) is 27.7 Å². The fraction of sp³-hybridized carbons (Fsp3) is 0.389. The number of carbonyl (C=O) groups is 1. The number of amides is 1. The standard InChI is InChI=1S/C18H23N5O2/c1-6-22-14(5)17(13(4)21-22)19-18(24)16-8-7-15(25-16)10-23-12(3)9-11(2)20-23/h7-9H,6,10H2,1-5H3,(H,19,24). The van der Waals surface area contributed by atoms with E-state index in [0.29, 0.717) is 12.3 Å². The molecule has 1 amide bonds. The maximum atomic E-state index is 12.5. The van der Waals surface area contributed by atoms with Crippen LogP contribution in [0.4, 0.5) is 5.69 Å². The summed E-state index contributed by atoms with van der Waals surface area (Å²) in [7, 11) is 0. The summed E-state index contributed by atoms with van der Waals surface area (Å²) in [6.45, 7) is 11.0. The van der Waals surface area contributed by atoms with Gasteiger partial charge in [-0.2, -0.15) is 10.2 Å². The molecule has 3 heterocycles. The van der Waals surface area contributed by atoms with Gasteiger partial charge in [-0.1, -0.05) is 0 Å². The van der Waals surface area contributed by atoms with Crippen molar-refractivity contribution in [3.8, 4) is 0 Å². The Morgan fingerprint density at radius 3 is 2.52 bits per heavy atom. The van der Waals surface area contributed by atoms with Gasteiger partial charge in [-0.15, -0.1) is 0 Å². The molecule has 3 rings (SSSR count). The average Bonchev–Trinajstić information content (AvgIpc) is 3.22. The Bertz CT molecular complexity index is 916. The molecule has 0 atom stereocenters. The second kappa shape index (κ2) is 6.58. The van der Waals surface area contributed by atoms with E-state index in [9.17, 15) is 4.79 Å². The molecule has 7 heteroatoms. The van der Waals surface area contributed by atoms with E-state index < -0.39 is 0 Å². The van der Waals surface area contributed by atoms with E-state index in [2.05, 4.69) is 15.5 Å². The number of nitrogens with zero attached hydrogens (tertiary/aromatic N) is 4. The molecule has 0 aliphatic rings. The molecule has 0 spiro atoms. The van der Waals surface area contributed by atoms with Crippen molar-refractivity contribution in [2.45, 2.75) is 47.7 Å². The lowest BCUT2D eigenvalue weighted by Crippen LogP contribution is -2.12. The largest absolute Gasteiger partial charge is 0.454 e. The third kappa shape index (κ3) is 3.35. The quantitative estimate of drug-likeness (QED) is 0.773. The van der Waals surface area contributed by atoms with Gasteiger partial charge in [0.15, 0.2) is 5.76 Å². The highest BCUT2D eigenvalue weighted by Gasteiger charge is 2.17. The summed E-state index contributed by atoms with van der Waals surface area (Å²) >= 11 is 0. The Hall–Kier alpha value is -2.83. The van der Waals surface area contributed by atoms with Crippen molar-refractivity contribution in [3.05, 3.63) is 52.5 Å². The molecule has 1 N–H and O–H groups in total. The van der Waals surface area contributed by atoms with Crippen LogP contribution < -0.4 is 5.32 Å². The molecule has 25 heavy (non-hydrogen) atoms.